The van der Waals surface area contributed by atoms with Gasteiger partial charge in [-0.15, -0.1) is 20.3 Å². The van der Waals surface area contributed by atoms with Gasteiger partial charge in [0.25, 0.3) is 0 Å². The van der Waals surface area contributed by atoms with Crippen molar-refractivity contribution >= 4 is 44.0 Å². The van der Waals surface area contributed by atoms with Gasteiger partial charge in [-0.1, -0.05) is 11.8 Å². The van der Waals surface area contributed by atoms with Crippen molar-refractivity contribution in [3.63, 3.8) is 0 Å². The van der Waals surface area contributed by atoms with E-state index in [2.05, 4.69) is 0 Å². The maximum absolute atomic E-state index is 12.0. The molecule has 2 saturated heterocycles. The summed E-state index contributed by atoms with van der Waals surface area (Å²) >= 11 is 3.01. The van der Waals surface area contributed by atoms with Crippen LogP contribution in [0.4, 0.5) is 0 Å². The van der Waals surface area contributed by atoms with Gasteiger partial charge >= 0.3 is 5.97 Å². The van der Waals surface area contributed by atoms with Gasteiger partial charge in [0.1, 0.15) is 5.37 Å². The number of fused-ring (bicyclic) bond motifs is 1. The summed E-state index contributed by atoms with van der Waals surface area (Å²) in [6.45, 7) is 1.58. The molecule has 3 aliphatic heterocycles. The highest BCUT2D eigenvalue weighted by molar-refractivity contribution is 8.23. The van der Waals surface area contributed by atoms with E-state index in [-0.39, 0.29) is 17.0 Å². The van der Waals surface area contributed by atoms with E-state index in [1.807, 2.05) is 0 Å². The Hall–Kier alpha value is -0.230. The summed E-state index contributed by atoms with van der Waals surface area (Å²) in [4.78, 5) is 24.7. The van der Waals surface area contributed by atoms with Crippen molar-refractivity contribution in [1.82, 2.24) is 4.90 Å². The molecule has 3 heterocycles. The van der Waals surface area contributed by atoms with Gasteiger partial charge in [0.15, 0.2) is 5.70 Å². The molecule has 0 spiro atoms. The van der Waals surface area contributed by atoms with E-state index in [4.69, 9.17) is 0 Å². The molecule has 0 aromatic carbocycles. The van der Waals surface area contributed by atoms with E-state index in [9.17, 15) is 19.8 Å². The number of aliphatic carboxylic acids is 1. The van der Waals surface area contributed by atoms with Crippen LogP contribution in [0.15, 0.2) is 9.93 Å². The van der Waals surface area contributed by atoms with Crippen LogP contribution in [-0.2, 0) is 9.59 Å². The topological polar surface area (TPSA) is 77.8 Å². The van der Waals surface area contributed by atoms with Gasteiger partial charge in [-0.2, -0.15) is 0 Å². The zero-order valence-corrected chi connectivity index (χ0v) is 12.8. The average molecular weight is 319 g/mol. The van der Waals surface area contributed by atoms with E-state index in [0.29, 0.717) is 5.25 Å². The minimum absolute atomic E-state index is 0.122. The fourth-order valence-electron chi connectivity index (χ4n) is 2.33. The van der Waals surface area contributed by atoms with E-state index < -0.39 is 18.0 Å². The van der Waals surface area contributed by atoms with Crippen molar-refractivity contribution in [2.24, 2.45) is 5.92 Å². The van der Waals surface area contributed by atoms with Gasteiger partial charge < -0.3 is 10.2 Å². The smallest absolute Gasteiger partial charge is 0.354 e. The molecule has 0 aromatic rings. The fourth-order valence-corrected chi connectivity index (χ4v) is 7.08. The van der Waals surface area contributed by atoms with Crippen molar-refractivity contribution in [2.45, 2.75) is 23.7 Å². The quantitative estimate of drug-likeness (QED) is 0.593. The van der Waals surface area contributed by atoms with Crippen molar-refractivity contribution < 1.29 is 19.8 Å². The first kappa shape index (κ1) is 13.7. The predicted molar refractivity (Wildman–Crippen MR) is 77.5 cm³/mol. The molecule has 3 aliphatic rings. The molecule has 0 unspecified atom stereocenters. The maximum Gasteiger partial charge on any atom is 0.354 e. The lowest BCUT2D eigenvalue weighted by Gasteiger charge is -2.43. The second-order valence-electron chi connectivity index (χ2n) is 4.82. The van der Waals surface area contributed by atoms with Gasteiger partial charge in [0.2, 0.25) is 5.91 Å². The number of carboxylic acid groups (broad SMARTS) is 1. The second kappa shape index (κ2) is 4.95. The lowest BCUT2D eigenvalue weighted by molar-refractivity contribution is -0.156. The molecule has 0 saturated carbocycles. The molecule has 0 bridgehead atoms. The summed E-state index contributed by atoms with van der Waals surface area (Å²) in [7, 11) is 0.980. The van der Waals surface area contributed by atoms with Gasteiger partial charge in [-0.3, -0.25) is 9.69 Å². The molecule has 2 fully saturated rings. The molecule has 3 rings (SSSR count). The summed E-state index contributed by atoms with van der Waals surface area (Å²) in [5.74, 6) is -1.78. The van der Waals surface area contributed by atoms with Crippen LogP contribution in [0.3, 0.4) is 0 Å². The molecule has 8 heteroatoms. The highest BCUT2D eigenvalue weighted by Crippen LogP contribution is 2.55. The van der Waals surface area contributed by atoms with Crippen LogP contribution in [0.2, 0.25) is 0 Å². The lowest BCUT2D eigenvalue weighted by Crippen LogP contribution is -2.60. The third kappa shape index (κ3) is 2.11. The third-order valence-corrected chi connectivity index (χ3v) is 8.45. The SMILES string of the molecule is C[C@@H](O)[C@H]1C(=O)N2C(C(=O)O)=C(SC3CPC3)S[C@H]12. The van der Waals surface area contributed by atoms with Crippen LogP contribution in [0.5, 0.6) is 0 Å². The molecule has 0 aliphatic carbocycles. The van der Waals surface area contributed by atoms with Crippen LogP contribution in [0.25, 0.3) is 0 Å². The molecule has 19 heavy (non-hydrogen) atoms. The standard InChI is InChI=1S/C11H14NO4PS2/c1-4(13)6-8(14)12-7(10(15)16)11(19-9(6)12)18-5-2-17-3-5/h4-6,9,13,17H,2-3H2,1H3,(H,15,16)/t4-,6+,9-/m1/s1. The fraction of sp³-hybridized carbons (Fsp3) is 0.636. The number of thioether (sulfide) groups is 2. The third-order valence-electron chi connectivity index (χ3n) is 3.49. The Balaban J connectivity index is 1.82. The normalized spacial score (nSPS) is 36.0. The Morgan fingerprint density at radius 1 is 1.58 bits per heavy atom. The first-order valence-corrected chi connectivity index (χ1v) is 9.20. The Bertz CT molecular complexity index is 477. The summed E-state index contributed by atoms with van der Waals surface area (Å²) in [5.41, 5.74) is 0.122. The Morgan fingerprint density at radius 2 is 2.26 bits per heavy atom. The summed E-state index contributed by atoms with van der Waals surface area (Å²) in [5, 5.41) is 19.2. The number of rotatable bonds is 4. The van der Waals surface area contributed by atoms with E-state index >= 15 is 0 Å². The van der Waals surface area contributed by atoms with Gasteiger partial charge in [-0.05, 0) is 19.2 Å². The summed E-state index contributed by atoms with van der Waals surface area (Å²) in [6, 6.07) is 0. The number of carbonyl (C=O) groups excluding carboxylic acids is 1. The average Bonchev–Trinajstić information content (AvgIpc) is 2.57. The Labute approximate surface area is 121 Å². The number of aliphatic hydroxyl groups excluding tert-OH is 1. The van der Waals surface area contributed by atoms with Crippen molar-refractivity contribution in [2.75, 3.05) is 12.3 Å². The molecular weight excluding hydrogens is 305 g/mol. The summed E-state index contributed by atoms with van der Waals surface area (Å²) in [6.07, 6.45) is 1.55. The van der Waals surface area contributed by atoms with E-state index in [1.54, 1.807) is 18.7 Å². The van der Waals surface area contributed by atoms with Gasteiger partial charge in [-0.25, -0.2) is 4.79 Å². The van der Waals surface area contributed by atoms with E-state index in [1.165, 1.54) is 16.7 Å². The number of β-lactam (4-membered cyclic amide) rings is 1. The van der Waals surface area contributed by atoms with Crippen LogP contribution in [0, 0.1) is 5.92 Å². The number of hydrogen-bond donors (Lipinski definition) is 2. The second-order valence-corrected chi connectivity index (χ2v) is 8.83. The predicted octanol–water partition coefficient (Wildman–Crippen LogP) is 0.946. The molecule has 5 nitrogen and oxygen atoms in total. The number of aliphatic hydroxyl groups is 1. The largest absolute Gasteiger partial charge is 0.477 e. The monoisotopic (exact) mass is 319 g/mol. The maximum atomic E-state index is 12.0. The molecule has 104 valence electrons. The van der Waals surface area contributed by atoms with Crippen molar-refractivity contribution in [3.05, 3.63) is 9.93 Å². The number of carbonyl (C=O) groups is 2. The van der Waals surface area contributed by atoms with Crippen molar-refractivity contribution in [1.29, 1.82) is 0 Å². The molecule has 0 aromatic heterocycles. The molecule has 2 N–H and O–H groups in total. The minimum Gasteiger partial charge on any atom is -0.477 e. The van der Waals surface area contributed by atoms with Crippen LogP contribution < -0.4 is 0 Å². The molecule has 0 radical (unpaired) electrons. The number of amides is 1. The first-order valence-electron chi connectivity index (χ1n) is 6.03. The molecule has 1 amide bonds. The lowest BCUT2D eigenvalue weighted by atomic mass is 9.92. The van der Waals surface area contributed by atoms with Crippen LogP contribution in [-0.4, -0.2) is 56.0 Å². The number of hydrogen-bond acceptors (Lipinski definition) is 5. The zero-order valence-electron chi connectivity index (χ0n) is 10.2. The first-order chi connectivity index (χ1) is 9.00. The van der Waals surface area contributed by atoms with Crippen LogP contribution in [0.1, 0.15) is 6.92 Å². The van der Waals surface area contributed by atoms with Gasteiger partial charge in [0, 0.05) is 5.25 Å². The summed E-state index contributed by atoms with van der Waals surface area (Å²) < 4.78 is 0.739. The zero-order chi connectivity index (χ0) is 13.7. The Kier molecular flexibility index (Phi) is 3.58. The highest BCUT2D eigenvalue weighted by atomic mass is 32.2. The van der Waals surface area contributed by atoms with Crippen LogP contribution >= 0.6 is 32.1 Å². The van der Waals surface area contributed by atoms with E-state index in [0.717, 1.165) is 25.1 Å². The molecule has 3 atom stereocenters. The number of carboxylic acids is 1. The highest BCUT2D eigenvalue weighted by Gasteiger charge is 2.57. The number of nitrogens with zero attached hydrogens (tertiary/aromatic N) is 1. The Morgan fingerprint density at radius 3 is 2.74 bits per heavy atom. The van der Waals surface area contributed by atoms with Crippen molar-refractivity contribution in [3.8, 4) is 0 Å². The van der Waals surface area contributed by atoms with Gasteiger partial charge in [0.05, 0.1) is 16.3 Å². The molecular formula is C11H14NO4PS2. The minimum atomic E-state index is -1.04.